The molecule has 2 aliphatic rings. The number of hydrogen-bond acceptors (Lipinski definition) is 4. The Morgan fingerprint density at radius 3 is 2.67 bits per heavy atom. The van der Waals surface area contributed by atoms with E-state index in [2.05, 4.69) is 10.2 Å². The predicted octanol–water partition coefficient (Wildman–Crippen LogP) is 1.51. The van der Waals surface area contributed by atoms with Gasteiger partial charge < -0.3 is 21.1 Å². The van der Waals surface area contributed by atoms with Gasteiger partial charge in [0.1, 0.15) is 0 Å². The van der Waals surface area contributed by atoms with Crippen molar-refractivity contribution in [1.82, 2.24) is 5.32 Å². The first-order valence-electron chi connectivity index (χ1n) is 7.74. The molecule has 21 heavy (non-hydrogen) atoms. The molecule has 0 aliphatic carbocycles. The number of carbonyl (C=O) groups is 1. The van der Waals surface area contributed by atoms with Crippen LogP contribution in [0.2, 0.25) is 0 Å². The van der Waals surface area contributed by atoms with Crippen LogP contribution in [0.3, 0.4) is 0 Å². The number of rotatable bonds is 3. The van der Waals surface area contributed by atoms with Gasteiger partial charge in [-0.15, -0.1) is 0 Å². The van der Waals surface area contributed by atoms with Crippen molar-refractivity contribution in [3.63, 3.8) is 0 Å². The van der Waals surface area contributed by atoms with Gasteiger partial charge in [-0.3, -0.25) is 4.79 Å². The average Bonchev–Trinajstić information content (AvgIpc) is 2.72. The number of aliphatic hydroxyl groups excluding tert-OH is 1. The summed E-state index contributed by atoms with van der Waals surface area (Å²) >= 11 is 0. The van der Waals surface area contributed by atoms with Crippen molar-refractivity contribution in [2.75, 3.05) is 17.2 Å². The number of benzene rings is 1. The Labute approximate surface area is 125 Å². The summed E-state index contributed by atoms with van der Waals surface area (Å²) in [7, 11) is 0. The lowest BCUT2D eigenvalue weighted by Crippen LogP contribution is -2.45. The monoisotopic (exact) mass is 289 g/mol. The van der Waals surface area contributed by atoms with E-state index in [0.717, 1.165) is 31.4 Å². The van der Waals surface area contributed by atoms with Gasteiger partial charge in [0.2, 0.25) is 0 Å². The van der Waals surface area contributed by atoms with Gasteiger partial charge >= 0.3 is 0 Å². The first kappa shape index (κ1) is 14.2. The van der Waals surface area contributed by atoms with Gasteiger partial charge in [-0.25, -0.2) is 0 Å². The lowest BCUT2D eigenvalue weighted by molar-refractivity contribution is 0.0955. The fraction of sp³-hybridized carbons (Fsp3) is 0.562. The van der Waals surface area contributed by atoms with Gasteiger partial charge in [0, 0.05) is 24.2 Å². The van der Waals surface area contributed by atoms with Crippen LogP contribution >= 0.6 is 0 Å². The minimum Gasteiger partial charge on any atom is -0.397 e. The largest absolute Gasteiger partial charge is 0.397 e. The van der Waals surface area contributed by atoms with Crippen molar-refractivity contribution in [3.8, 4) is 0 Å². The molecule has 114 valence electrons. The zero-order chi connectivity index (χ0) is 15.0. The van der Waals surface area contributed by atoms with Crippen LogP contribution in [0.25, 0.3) is 0 Å². The van der Waals surface area contributed by atoms with Crippen molar-refractivity contribution in [1.29, 1.82) is 0 Å². The molecule has 3 rings (SSSR count). The van der Waals surface area contributed by atoms with Crippen molar-refractivity contribution in [3.05, 3.63) is 23.8 Å². The van der Waals surface area contributed by atoms with E-state index in [-0.39, 0.29) is 12.0 Å². The normalized spacial score (nSPS) is 27.7. The Morgan fingerprint density at radius 2 is 2.05 bits per heavy atom. The molecule has 1 aromatic rings. The molecule has 2 heterocycles. The Bertz CT molecular complexity index is 532. The molecule has 0 aromatic heterocycles. The summed E-state index contributed by atoms with van der Waals surface area (Å²) in [6, 6.07) is 6.15. The number of anilines is 2. The number of piperidine rings is 1. The molecule has 2 atom stereocenters. The maximum absolute atomic E-state index is 12.0. The predicted molar refractivity (Wildman–Crippen MR) is 83.4 cm³/mol. The van der Waals surface area contributed by atoms with Crippen molar-refractivity contribution in [2.45, 2.75) is 50.8 Å². The second-order valence-corrected chi connectivity index (χ2v) is 6.05. The van der Waals surface area contributed by atoms with Gasteiger partial charge in [-0.2, -0.15) is 0 Å². The standard InChI is InChI=1S/C16H23N3O2/c1-2-18-16(21)10-3-6-14(17)15(7-10)19-11-4-5-12(19)9-13(20)8-11/h3,6-7,11-13,20H,2,4-5,8-9,17H2,1H3,(H,18,21). The minimum absolute atomic E-state index is 0.0665. The highest BCUT2D eigenvalue weighted by Gasteiger charge is 2.40. The summed E-state index contributed by atoms with van der Waals surface area (Å²) in [5, 5.41) is 12.7. The number of amides is 1. The Balaban J connectivity index is 1.91. The lowest BCUT2D eigenvalue weighted by Gasteiger charge is -2.39. The Morgan fingerprint density at radius 1 is 1.38 bits per heavy atom. The quantitative estimate of drug-likeness (QED) is 0.737. The third-order valence-corrected chi connectivity index (χ3v) is 4.62. The maximum Gasteiger partial charge on any atom is 0.251 e. The molecule has 1 amide bonds. The molecule has 2 aliphatic heterocycles. The zero-order valence-electron chi connectivity index (χ0n) is 12.4. The fourth-order valence-corrected chi connectivity index (χ4v) is 3.71. The van der Waals surface area contributed by atoms with E-state index in [0.29, 0.717) is 29.9 Å². The zero-order valence-corrected chi connectivity index (χ0v) is 12.4. The highest BCUT2D eigenvalue weighted by Crippen LogP contribution is 2.41. The number of fused-ring (bicyclic) bond motifs is 2. The molecule has 5 nitrogen and oxygen atoms in total. The van der Waals surface area contributed by atoms with Gasteiger partial charge in [0.25, 0.3) is 5.91 Å². The van der Waals surface area contributed by atoms with Gasteiger partial charge in [-0.05, 0) is 50.8 Å². The van der Waals surface area contributed by atoms with E-state index in [9.17, 15) is 9.90 Å². The van der Waals surface area contributed by atoms with Crippen LogP contribution in [0.1, 0.15) is 43.0 Å². The Kier molecular flexibility index (Phi) is 3.76. The number of nitrogens with one attached hydrogen (secondary N) is 1. The number of nitrogens with zero attached hydrogens (tertiary/aromatic N) is 1. The van der Waals surface area contributed by atoms with E-state index in [1.807, 2.05) is 19.1 Å². The molecule has 2 bridgehead atoms. The molecule has 5 heteroatoms. The average molecular weight is 289 g/mol. The molecule has 2 saturated heterocycles. The number of nitrogens with two attached hydrogens (primary N) is 1. The van der Waals surface area contributed by atoms with Crippen molar-refractivity contribution >= 4 is 17.3 Å². The summed E-state index contributed by atoms with van der Waals surface area (Å²) in [5.41, 5.74) is 8.44. The van der Waals surface area contributed by atoms with Crippen LogP contribution in [-0.2, 0) is 0 Å². The third kappa shape index (κ3) is 2.58. The van der Waals surface area contributed by atoms with Crippen LogP contribution in [0.5, 0.6) is 0 Å². The third-order valence-electron chi connectivity index (χ3n) is 4.62. The maximum atomic E-state index is 12.0. The molecule has 0 saturated carbocycles. The molecule has 4 N–H and O–H groups in total. The van der Waals surface area contributed by atoms with Gasteiger partial charge in [0.15, 0.2) is 0 Å². The van der Waals surface area contributed by atoms with Crippen LogP contribution < -0.4 is 16.0 Å². The molecule has 0 radical (unpaired) electrons. The van der Waals surface area contributed by atoms with Crippen molar-refractivity contribution < 1.29 is 9.90 Å². The molecular weight excluding hydrogens is 266 g/mol. The highest BCUT2D eigenvalue weighted by atomic mass is 16.3. The van der Waals surface area contributed by atoms with Gasteiger partial charge in [-0.1, -0.05) is 0 Å². The molecule has 2 unspecified atom stereocenters. The summed E-state index contributed by atoms with van der Waals surface area (Å²) in [5.74, 6) is -0.0665. The smallest absolute Gasteiger partial charge is 0.251 e. The van der Waals surface area contributed by atoms with Crippen LogP contribution in [0.4, 0.5) is 11.4 Å². The van der Waals surface area contributed by atoms with Gasteiger partial charge in [0.05, 0.1) is 17.5 Å². The fourth-order valence-electron chi connectivity index (χ4n) is 3.71. The summed E-state index contributed by atoms with van der Waals surface area (Å²) in [4.78, 5) is 14.3. The molecule has 1 aromatic carbocycles. The van der Waals surface area contributed by atoms with E-state index in [4.69, 9.17) is 5.73 Å². The van der Waals surface area contributed by atoms with Crippen LogP contribution in [0, 0.1) is 0 Å². The van der Waals surface area contributed by atoms with Crippen molar-refractivity contribution in [2.24, 2.45) is 0 Å². The summed E-state index contributed by atoms with van der Waals surface area (Å²) < 4.78 is 0. The number of carbonyl (C=O) groups excluding carboxylic acids is 1. The second-order valence-electron chi connectivity index (χ2n) is 6.05. The number of aliphatic hydroxyl groups is 1. The Hall–Kier alpha value is -1.75. The molecule has 2 fully saturated rings. The first-order valence-corrected chi connectivity index (χ1v) is 7.74. The molecular formula is C16H23N3O2. The number of hydrogen-bond donors (Lipinski definition) is 3. The van der Waals surface area contributed by atoms with Crippen LogP contribution in [0.15, 0.2) is 18.2 Å². The second kappa shape index (κ2) is 5.56. The highest BCUT2D eigenvalue weighted by molar-refractivity contribution is 5.96. The summed E-state index contributed by atoms with van der Waals surface area (Å²) in [6.45, 7) is 2.52. The number of nitrogen functional groups attached to an aromatic ring is 1. The van der Waals surface area contributed by atoms with Crippen LogP contribution in [-0.4, -0.2) is 35.7 Å². The van der Waals surface area contributed by atoms with E-state index < -0.39 is 0 Å². The van der Waals surface area contributed by atoms with E-state index in [1.165, 1.54) is 0 Å². The minimum atomic E-state index is -0.202. The lowest BCUT2D eigenvalue weighted by atomic mass is 9.98. The van der Waals surface area contributed by atoms with E-state index >= 15 is 0 Å². The topological polar surface area (TPSA) is 78.6 Å². The SMILES string of the molecule is CCNC(=O)c1ccc(N)c(N2C3CCC2CC(O)C3)c1. The summed E-state index contributed by atoms with van der Waals surface area (Å²) in [6.07, 6.45) is 3.56. The first-order chi connectivity index (χ1) is 10.1. The van der Waals surface area contributed by atoms with E-state index in [1.54, 1.807) is 6.07 Å². The molecule has 0 spiro atoms.